The Balaban J connectivity index is 1.61. The molecule has 1 heterocycles. The zero-order valence-corrected chi connectivity index (χ0v) is 18.7. The highest BCUT2D eigenvalue weighted by Gasteiger charge is 2.18. The molecule has 0 saturated carbocycles. The Hall–Kier alpha value is -3.88. The van der Waals surface area contributed by atoms with Crippen LogP contribution in [0.3, 0.4) is 0 Å². The Labute approximate surface area is 186 Å². The molecule has 1 atom stereocenters. The zero-order chi connectivity index (χ0) is 23.3. The molecule has 0 fully saturated rings. The van der Waals surface area contributed by atoms with E-state index < -0.39 is 11.7 Å². The summed E-state index contributed by atoms with van der Waals surface area (Å²) in [7, 11) is 1.59. The van der Waals surface area contributed by atoms with Gasteiger partial charge in [-0.15, -0.1) is 5.10 Å². The molecule has 168 valence electrons. The summed E-state index contributed by atoms with van der Waals surface area (Å²) in [6.07, 6.45) is 1.12. The maximum atomic E-state index is 12.6. The maximum absolute atomic E-state index is 12.6. The van der Waals surface area contributed by atoms with Crippen molar-refractivity contribution in [2.75, 3.05) is 12.4 Å². The van der Waals surface area contributed by atoms with Gasteiger partial charge in [-0.1, -0.05) is 23.4 Å². The third kappa shape index (κ3) is 6.07. The smallest absolute Gasteiger partial charge is 0.408 e. The number of hydrogen-bond donors (Lipinski definition) is 2. The van der Waals surface area contributed by atoms with Crippen LogP contribution >= 0.6 is 0 Å². The summed E-state index contributed by atoms with van der Waals surface area (Å²) in [4.78, 5) is 24.5. The van der Waals surface area contributed by atoms with Crippen LogP contribution in [-0.2, 0) is 4.74 Å². The van der Waals surface area contributed by atoms with Crippen LogP contribution in [0.25, 0.3) is 5.69 Å². The normalized spacial score (nSPS) is 12.0. The number of hydrogen-bond acceptors (Lipinski definition) is 6. The zero-order valence-electron chi connectivity index (χ0n) is 18.7. The standard InChI is InChI=1S/C23H27N5O4/c1-15(24-22(30)32-23(2,3)4)16-9-11-17(12-10-16)21(29)25-20-14-28(27-26-20)18-7-6-8-19(13-18)31-5/h6-15H,1-5H3,(H,24,30)(H,25,29). The highest BCUT2D eigenvalue weighted by molar-refractivity contribution is 6.03. The van der Waals surface area contributed by atoms with E-state index in [-0.39, 0.29) is 11.9 Å². The molecule has 2 aromatic carbocycles. The van der Waals surface area contributed by atoms with Crippen molar-refractivity contribution >= 4 is 17.8 Å². The summed E-state index contributed by atoms with van der Waals surface area (Å²) in [5.74, 6) is 0.697. The Kier molecular flexibility index (Phi) is 6.77. The number of amides is 2. The second-order valence-corrected chi connectivity index (χ2v) is 8.19. The fourth-order valence-electron chi connectivity index (χ4n) is 2.88. The van der Waals surface area contributed by atoms with Crippen LogP contribution in [0, 0.1) is 0 Å². The average Bonchev–Trinajstić information content (AvgIpc) is 3.21. The molecule has 0 spiro atoms. The quantitative estimate of drug-likeness (QED) is 0.601. The molecule has 2 N–H and O–H groups in total. The summed E-state index contributed by atoms with van der Waals surface area (Å²) in [5.41, 5.74) is 1.49. The van der Waals surface area contributed by atoms with Crippen molar-refractivity contribution in [1.29, 1.82) is 0 Å². The van der Waals surface area contributed by atoms with Gasteiger partial charge in [0.15, 0.2) is 5.82 Å². The van der Waals surface area contributed by atoms with Crippen molar-refractivity contribution in [1.82, 2.24) is 20.3 Å². The number of nitrogens with zero attached hydrogens (tertiary/aromatic N) is 3. The lowest BCUT2D eigenvalue weighted by Gasteiger charge is -2.22. The molecule has 0 aliphatic heterocycles. The number of carbonyl (C=O) groups is 2. The van der Waals surface area contributed by atoms with Gasteiger partial charge in [0, 0.05) is 11.6 Å². The van der Waals surface area contributed by atoms with Gasteiger partial charge >= 0.3 is 6.09 Å². The summed E-state index contributed by atoms with van der Waals surface area (Å²) in [6.45, 7) is 7.26. The van der Waals surface area contributed by atoms with Crippen LogP contribution in [0.5, 0.6) is 5.75 Å². The van der Waals surface area contributed by atoms with E-state index in [4.69, 9.17) is 9.47 Å². The molecule has 3 rings (SSSR count). The Bertz CT molecular complexity index is 1090. The summed E-state index contributed by atoms with van der Waals surface area (Å²) < 4.78 is 12.0. The molecule has 9 nitrogen and oxygen atoms in total. The van der Waals surface area contributed by atoms with Gasteiger partial charge in [-0.25, -0.2) is 9.48 Å². The minimum atomic E-state index is -0.569. The van der Waals surface area contributed by atoms with Crippen LogP contribution in [0.4, 0.5) is 10.6 Å². The minimum absolute atomic E-state index is 0.273. The minimum Gasteiger partial charge on any atom is -0.497 e. The summed E-state index contributed by atoms with van der Waals surface area (Å²) in [6, 6.07) is 14.0. The molecule has 9 heteroatoms. The molecule has 0 radical (unpaired) electrons. The number of alkyl carbamates (subject to hydrolysis) is 1. The van der Waals surface area contributed by atoms with Crippen LogP contribution in [0.1, 0.15) is 49.7 Å². The SMILES string of the molecule is COc1cccc(-n2cc(NC(=O)c3ccc(C(C)NC(=O)OC(C)(C)C)cc3)nn2)c1. The number of methoxy groups -OCH3 is 1. The second-order valence-electron chi connectivity index (χ2n) is 8.19. The molecule has 32 heavy (non-hydrogen) atoms. The molecule has 1 unspecified atom stereocenters. The van der Waals surface area contributed by atoms with Gasteiger partial charge in [-0.2, -0.15) is 0 Å². The van der Waals surface area contributed by atoms with E-state index in [9.17, 15) is 9.59 Å². The number of carbonyl (C=O) groups excluding carboxylic acids is 2. The van der Waals surface area contributed by atoms with Gasteiger partial charge in [-0.05, 0) is 57.5 Å². The van der Waals surface area contributed by atoms with Crippen LogP contribution in [-0.4, -0.2) is 39.7 Å². The first kappa shape index (κ1) is 22.8. The lowest BCUT2D eigenvalue weighted by molar-refractivity contribution is 0.0507. The molecule has 0 bridgehead atoms. The Morgan fingerprint density at radius 3 is 2.47 bits per heavy atom. The fourth-order valence-corrected chi connectivity index (χ4v) is 2.88. The first-order valence-corrected chi connectivity index (χ1v) is 10.1. The highest BCUT2D eigenvalue weighted by Crippen LogP contribution is 2.18. The van der Waals surface area contributed by atoms with Gasteiger partial charge in [0.1, 0.15) is 11.4 Å². The third-order valence-corrected chi connectivity index (χ3v) is 4.46. The topological polar surface area (TPSA) is 107 Å². The predicted octanol–water partition coefficient (Wildman–Crippen LogP) is 4.11. The Morgan fingerprint density at radius 2 is 1.81 bits per heavy atom. The van der Waals surface area contributed by atoms with Gasteiger partial charge < -0.3 is 20.1 Å². The maximum Gasteiger partial charge on any atom is 0.408 e. The second kappa shape index (κ2) is 9.51. The van der Waals surface area contributed by atoms with E-state index in [0.29, 0.717) is 17.1 Å². The van der Waals surface area contributed by atoms with E-state index in [1.807, 2.05) is 31.2 Å². The Morgan fingerprint density at radius 1 is 1.09 bits per heavy atom. The molecule has 3 aromatic rings. The van der Waals surface area contributed by atoms with Crippen molar-refractivity contribution in [2.24, 2.45) is 0 Å². The van der Waals surface area contributed by atoms with Crippen molar-refractivity contribution in [3.63, 3.8) is 0 Å². The van der Waals surface area contributed by atoms with Gasteiger partial charge in [0.2, 0.25) is 0 Å². The number of rotatable bonds is 6. The van der Waals surface area contributed by atoms with Crippen molar-refractivity contribution in [3.05, 3.63) is 65.9 Å². The number of aromatic nitrogens is 3. The molecule has 0 saturated heterocycles. The number of ether oxygens (including phenoxy) is 2. The average molecular weight is 438 g/mol. The molecule has 2 amide bonds. The van der Waals surface area contributed by atoms with Crippen molar-refractivity contribution < 1.29 is 19.1 Å². The molecule has 0 aliphatic rings. The van der Waals surface area contributed by atoms with Gasteiger partial charge in [-0.3, -0.25) is 4.79 Å². The number of nitrogens with one attached hydrogen (secondary N) is 2. The van der Waals surface area contributed by atoms with Crippen LogP contribution in [0.15, 0.2) is 54.7 Å². The van der Waals surface area contributed by atoms with Crippen LogP contribution in [0.2, 0.25) is 0 Å². The van der Waals surface area contributed by atoms with E-state index in [0.717, 1.165) is 11.3 Å². The van der Waals surface area contributed by atoms with E-state index in [1.165, 1.54) is 0 Å². The van der Waals surface area contributed by atoms with Crippen molar-refractivity contribution in [3.8, 4) is 11.4 Å². The van der Waals surface area contributed by atoms with Gasteiger partial charge in [0.05, 0.1) is 25.0 Å². The summed E-state index contributed by atoms with van der Waals surface area (Å²) >= 11 is 0. The molecular weight excluding hydrogens is 410 g/mol. The van der Waals surface area contributed by atoms with Crippen molar-refractivity contribution in [2.45, 2.75) is 39.3 Å². The van der Waals surface area contributed by atoms with E-state index >= 15 is 0 Å². The third-order valence-electron chi connectivity index (χ3n) is 4.46. The highest BCUT2D eigenvalue weighted by atomic mass is 16.6. The van der Waals surface area contributed by atoms with E-state index in [1.54, 1.807) is 63.0 Å². The summed E-state index contributed by atoms with van der Waals surface area (Å²) in [5, 5.41) is 13.5. The van der Waals surface area contributed by atoms with Gasteiger partial charge in [0.25, 0.3) is 5.91 Å². The molecule has 0 aliphatic carbocycles. The van der Waals surface area contributed by atoms with E-state index in [2.05, 4.69) is 20.9 Å². The first-order chi connectivity index (χ1) is 15.1. The lowest BCUT2D eigenvalue weighted by atomic mass is 10.1. The lowest BCUT2D eigenvalue weighted by Crippen LogP contribution is -2.34. The number of anilines is 1. The largest absolute Gasteiger partial charge is 0.497 e. The molecule has 1 aromatic heterocycles. The first-order valence-electron chi connectivity index (χ1n) is 10.1. The van der Waals surface area contributed by atoms with Crippen LogP contribution < -0.4 is 15.4 Å². The fraction of sp³-hybridized carbons (Fsp3) is 0.304. The molecular formula is C23H27N5O4. The predicted molar refractivity (Wildman–Crippen MR) is 120 cm³/mol. The number of benzene rings is 2. The monoisotopic (exact) mass is 437 g/mol.